The van der Waals surface area contributed by atoms with Gasteiger partial charge in [0.2, 0.25) is 0 Å². The Morgan fingerprint density at radius 3 is 1.93 bits per heavy atom. The lowest BCUT2D eigenvalue weighted by Crippen LogP contribution is -2.27. The van der Waals surface area contributed by atoms with Gasteiger partial charge in [-0.2, -0.15) is 13.2 Å². The molecule has 0 radical (unpaired) electrons. The number of carbonyl (C=O) groups is 2. The summed E-state index contributed by atoms with van der Waals surface area (Å²) in [6, 6.07) is 4.91. The van der Waals surface area contributed by atoms with Gasteiger partial charge in [0.15, 0.2) is 51.9 Å². The molecule has 0 bridgehead atoms. The highest BCUT2D eigenvalue weighted by Crippen LogP contribution is 2.34. The number of hydrogen-bond acceptors (Lipinski definition) is 16. The van der Waals surface area contributed by atoms with Gasteiger partial charge in [0.1, 0.15) is 56.8 Å². The fourth-order valence-corrected chi connectivity index (χ4v) is 7.90. The third-order valence-electron chi connectivity index (χ3n) is 11.0. The smallest absolute Gasteiger partial charge is 0.358 e. The first-order valence-corrected chi connectivity index (χ1v) is 21.7. The van der Waals surface area contributed by atoms with E-state index >= 15 is 0 Å². The van der Waals surface area contributed by atoms with E-state index in [1.807, 2.05) is 13.8 Å². The Balaban J connectivity index is 0.783. The number of aromatic amines is 4. The highest BCUT2D eigenvalue weighted by molar-refractivity contribution is 6.36. The minimum atomic E-state index is -4.52. The number of fused-ring (bicyclic) bond motifs is 2. The number of imidazole rings is 4. The standard InChI is InChI=1S/C43H33Cl2F3N18O4/c1-17(26-10-23(65-69-26)34-60-21-6-5-19(43(46,47)48)9-22(21)61-34)58-40(68)33-29(45)31(54-16-56-33)38-51-13-20(59-38)12-42(3,4)41-52-14-25-36(64-41)63-35(62-25)24-11-27(70-66-24)18(2)57-39(67)32-28(44)30(53-15-55-32)37-49-7-8-50-37/h5-11,13-18H,12H2,1-4H3,(H,49,50)(H,51,59)(H,57,67)(H,58,68)(H,60,61)(H,52,62,63,64)/t17-,18-/m1/s1. The molecule has 0 saturated heterocycles. The molecule has 10 aromatic rings. The van der Waals surface area contributed by atoms with Crippen LogP contribution in [0.2, 0.25) is 10.0 Å². The number of benzene rings is 1. The molecule has 6 N–H and O–H groups in total. The minimum absolute atomic E-state index is 0.0319. The van der Waals surface area contributed by atoms with Crippen molar-refractivity contribution < 1.29 is 31.8 Å². The fourth-order valence-electron chi connectivity index (χ4n) is 7.35. The molecule has 0 aliphatic heterocycles. The van der Waals surface area contributed by atoms with Crippen molar-refractivity contribution in [3.8, 4) is 46.1 Å². The van der Waals surface area contributed by atoms with Gasteiger partial charge in [0.25, 0.3) is 11.8 Å². The summed E-state index contributed by atoms with van der Waals surface area (Å²) in [5.41, 5.74) is 1.44. The molecule has 2 atom stereocenters. The summed E-state index contributed by atoms with van der Waals surface area (Å²) in [7, 11) is 0. The summed E-state index contributed by atoms with van der Waals surface area (Å²) < 4.78 is 50.7. The Labute approximate surface area is 400 Å². The summed E-state index contributed by atoms with van der Waals surface area (Å²) >= 11 is 13.2. The Kier molecular flexibility index (Phi) is 11.4. The van der Waals surface area contributed by atoms with E-state index < -0.39 is 41.1 Å². The summed E-state index contributed by atoms with van der Waals surface area (Å²) in [6.07, 6.45) is 4.66. The third-order valence-corrected chi connectivity index (χ3v) is 11.7. The quantitative estimate of drug-likeness (QED) is 0.0644. The second kappa shape index (κ2) is 17.6. The maximum Gasteiger partial charge on any atom is 0.416 e. The van der Waals surface area contributed by atoms with Crippen molar-refractivity contribution in [1.29, 1.82) is 0 Å². The Bertz CT molecular complexity index is 3600. The maximum atomic E-state index is 13.5. The van der Waals surface area contributed by atoms with Crippen molar-refractivity contribution in [1.82, 2.24) is 90.7 Å². The van der Waals surface area contributed by atoms with Crippen molar-refractivity contribution in [2.45, 2.75) is 57.8 Å². The van der Waals surface area contributed by atoms with Gasteiger partial charge in [-0.15, -0.1) is 0 Å². The lowest BCUT2D eigenvalue weighted by atomic mass is 9.87. The number of H-pyrrole nitrogens is 4. The molecule has 0 saturated carbocycles. The zero-order valence-electron chi connectivity index (χ0n) is 36.6. The van der Waals surface area contributed by atoms with Gasteiger partial charge in [-0.05, 0) is 32.0 Å². The number of amides is 2. The van der Waals surface area contributed by atoms with E-state index in [0.717, 1.165) is 12.1 Å². The van der Waals surface area contributed by atoms with Gasteiger partial charge >= 0.3 is 6.18 Å². The maximum absolute atomic E-state index is 13.5. The van der Waals surface area contributed by atoms with Gasteiger partial charge in [-0.1, -0.05) is 47.4 Å². The SMILES string of the molecule is C[C@@H](NC(=O)c1ncnc(-c2ncc[nH]2)c1Cl)c1cc(-c2nc3nc(C(C)(C)Cc4cnc(-c5ncnc(C(=O)N[C@H](C)c6cc(-c7nc8ccc(C(F)(F)F)cc8[nH]7)no6)c5Cl)[nH]4)ncc3[nH]2)no1. The zero-order valence-corrected chi connectivity index (χ0v) is 38.1. The number of halogens is 5. The van der Waals surface area contributed by atoms with E-state index in [-0.39, 0.29) is 61.4 Å². The predicted molar refractivity (Wildman–Crippen MR) is 242 cm³/mol. The fraction of sp³-hybridized carbons (Fsp3) is 0.209. The molecule has 10 rings (SSSR count). The van der Waals surface area contributed by atoms with Crippen LogP contribution in [0.15, 0.2) is 76.8 Å². The second-order valence-electron chi connectivity index (χ2n) is 16.5. The van der Waals surface area contributed by atoms with E-state index in [9.17, 15) is 22.8 Å². The van der Waals surface area contributed by atoms with E-state index in [0.29, 0.717) is 57.7 Å². The van der Waals surface area contributed by atoms with Crippen molar-refractivity contribution in [3.05, 3.63) is 118 Å². The van der Waals surface area contributed by atoms with Crippen LogP contribution in [0, 0.1) is 0 Å². The lowest BCUT2D eigenvalue weighted by Gasteiger charge is -2.21. The van der Waals surface area contributed by atoms with Crippen LogP contribution in [0.3, 0.4) is 0 Å². The Morgan fingerprint density at radius 1 is 0.700 bits per heavy atom. The van der Waals surface area contributed by atoms with E-state index in [2.05, 4.69) is 85.7 Å². The first-order valence-electron chi connectivity index (χ1n) is 20.9. The average molecular weight is 994 g/mol. The van der Waals surface area contributed by atoms with Crippen molar-refractivity contribution in [2.24, 2.45) is 0 Å². The van der Waals surface area contributed by atoms with Crippen molar-refractivity contribution in [2.75, 3.05) is 0 Å². The van der Waals surface area contributed by atoms with Crippen LogP contribution in [-0.4, -0.2) is 91.9 Å². The molecule has 9 aromatic heterocycles. The predicted octanol–water partition coefficient (Wildman–Crippen LogP) is 7.73. The number of alkyl halides is 3. The van der Waals surface area contributed by atoms with Crippen LogP contribution in [-0.2, 0) is 18.0 Å². The first kappa shape index (κ1) is 45.3. The van der Waals surface area contributed by atoms with Gasteiger partial charge in [-0.25, -0.2) is 49.8 Å². The van der Waals surface area contributed by atoms with Gasteiger partial charge in [0, 0.05) is 48.3 Å². The molecule has 0 aliphatic rings. The molecule has 354 valence electrons. The molecule has 2 amide bonds. The normalized spacial score (nSPS) is 13.0. The molecule has 0 unspecified atom stereocenters. The van der Waals surface area contributed by atoms with Gasteiger partial charge in [0.05, 0.1) is 34.9 Å². The molecular formula is C43H33Cl2F3N18O4. The molecular weight excluding hydrogens is 960 g/mol. The van der Waals surface area contributed by atoms with Crippen molar-refractivity contribution in [3.63, 3.8) is 0 Å². The summed E-state index contributed by atoms with van der Waals surface area (Å²) in [5, 5.41) is 13.7. The summed E-state index contributed by atoms with van der Waals surface area (Å²) in [4.78, 5) is 82.3. The molecule has 9 heterocycles. The molecule has 70 heavy (non-hydrogen) atoms. The highest BCUT2D eigenvalue weighted by atomic mass is 35.5. The number of carbonyl (C=O) groups excluding carboxylic acids is 2. The van der Waals surface area contributed by atoms with Crippen LogP contribution < -0.4 is 10.6 Å². The zero-order chi connectivity index (χ0) is 49.1. The number of hydrogen-bond donors (Lipinski definition) is 6. The molecule has 22 nitrogen and oxygen atoms in total. The molecule has 0 fully saturated rings. The average Bonchev–Trinajstić information content (AvgIpc) is 4.19. The summed E-state index contributed by atoms with van der Waals surface area (Å²) in [6.45, 7) is 7.26. The molecule has 0 aliphatic carbocycles. The molecule has 27 heteroatoms. The minimum Gasteiger partial charge on any atom is -0.358 e. The third kappa shape index (κ3) is 8.77. The van der Waals surface area contributed by atoms with E-state index in [1.165, 1.54) is 31.0 Å². The Morgan fingerprint density at radius 2 is 1.31 bits per heavy atom. The van der Waals surface area contributed by atoms with Gasteiger partial charge < -0.3 is 39.6 Å². The molecule has 0 spiro atoms. The second-order valence-corrected chi connectivity index (χ2v) is 17.2. The van der Waals surface area contributed by atoms with Crippen LogP contribution >= 0.6 is 23.2 Å². The van der Waals surface area contributed by atoms with Crippen LogP contribution in [0.5, 0.6) is 0 Å². The van der Waals surface area contributed by atoms with E-state index in [4.69, 9.17) is 37.2 Å². The van der Waals surface area contributed by atoms with Crippen LogP contribution in [0.1, 0.15) is 89.4 Å². The lowest BCUT2D eigenvalue weighted by molar-refractivity contribution is -0.137. The van der Waals surface area contributed by atoms with Crippen LogP contribution in [0.25, 0.3) is 68.3 Å². The monoisotopic (exact) mass is 992 g/mol. The summed E-state index contributed by atoms with van der Waals surface area (Å²) in [5.74, 6) is 1.03. The topological polar surface area (TPSA) is 302 Å². The first-order chi connectivity index (χ1) is 33.5. The number of nitrogens with one attached hydrogen (secondary N) is 6. The van der Waals surface area contributed by atoms with E-state index in [1.54, 1.807) is 38.5 Å². The molecule has 1 aromatic carbocycles. The number of nitrogens with zero attached hydrogens (tertiary/aromatic N) is 12. The Hall–Kier alpha value is -8.45. The number of aromatic nitrogens is 16. The van der Waals surface area contributed by atoms with Crippen LogP contribution in [0.4, 0.5) is 13.2 Å². The van der Waals surface area contributed by atoms with Crippen molar-refractivity contribution >= 4 is 57.2 Å². The number of rotatable bonds is 13. The van der Waals surface area contributed by atoms with Gasteiger partial charge in [-0.3, -0.25) is 9.59 Å². The highest BCUT2D eigenvalue weighted by Gasteiger charge is 2.32. The largest absolute Gasteiger partial charge is 0.416 e.